The average molecular weight is 464 g/mol. The molecule has 0 saturated carbocycles. The molecular weight excluding hydrogens is 438 g/mol. The molecule has 8 heteroatoms. The molecule has 0 atom stereocenters. The number of ether oxygens (including phenoxy) is 1. The van der Waals surface area contributed by atoms with Crippen molar-refractivity contribution in [2.45, 2.75) is 17.7 Å². The summed E-state index contributed by atoms with van der Waals surface area (Å²) in [5.74, 6) is 1.84. The first-order valence-corrected chi connectivity index (χ1v) is 11.9. The number of aromatic nitrogens is 1. The van der Waals surface area contributed by atoms with E-state index in [0.717, 1.165) is 39.8 Å². The number of anilines is 1. The normalized spacial score (nSPS) is 11.2. The molecule has 0 fully saturated rings. The van der Waals surface area contributed by atoms with Crippen LogP contribution in [0, 0.1) is 0 Å². The molecule has 2 aromatic carbocycles. The SMILES string of the molecule is COc1ccc(SCCCC(=O)N(CCN(C)C)c2nc3ccc(Cl)cc3s2)cc1. The fourth-order valence-electron chi connectivity index (χ4n) is 2.85. The monoisotopic (exact) mass is 463 g/mol. The molecule has 0 aliphatic carbocycles. The van der Waals surface area contributed by atoms with E-state index in [1.165, 1.54) is 16.2 Å². The zero-order valence-corrected chi connectivity index (χ0v) is 19.8. The number of thiazole rings is 1. The first-order chi connectivity index (χ1) is 14.5. The van der Waals surface area contributed by atoms with E-state index in [0.29, 0.717) is 18.0 Å². The highest BCUT2D eigenvalue weighted by atomic mass is 35.5. The minimum atomic E-state index is 0.109. The van der Waals surface area contributed by atoms with Crippen molar-refractivity contribution in [2.24, 2.45) is 0 Å². The van der Waals surface area contributed by atoms with Crippen molar-refractivity contribution in [1.29, 1.82) is 0 Å². The summed E-state index contributed by atoms with van der Waals surface area (Å²) in [4.78, 5) is 22.8. The lowest BCUT2D eigenvalue weighted by Gasteiger charge is -2.22. The molecule has 5 nitrogen and oxygen atoms in total. The first kappa shape index (κ1) is 22.9. The number of methoxy groups -OCH3 is 1. The van der Waals surface area contributed by atoms with Crippen LogP contribution in [0.15, 0.2) is 47.4 Å². The van der Waals surface area contributed by atoms with Gasteiger partial charge in [0.15, 0.2) is 5.13 Å². The van der Waals surface area contributed by atoms with Crippen LogP contribution in [0.3, 0.4) is 0 Å². The summed E-state index contributed by atoms with van der Waals surface area (Å²) in [6.07, 6.45) is 1.30. The number of likely N-dealkylation sites (N-methyl/N-ethyl adjacent to an activating group) is 1. The maximum absolute atomic E-state index is 13.0. The van der Waals surface area contributed by atoms with Crippen LogP contribution in [0.2, 0.25) is 5.02 Å². The second kappa shape index (κ2) is 11.0. The van der Waals surface area contributed by atoms with E-state index in [1.54, 1.807) is 18.9 Å². The maximum atomic E-state index is 13.0. The molecule has 0 saturated heterocycles. The zero-order chi connectivity index (χ0) is 21.5. The third kappa shape index (κ3) is 6.35. The molecule has 0 aliphatic heterocycles. The van der Waals surface area contributed by atoms with E-state index in [4.69, 9.17) is 16.3 Å². The zero-order valence-electron chi connectivity index (χ0n) is 17.4. The number of amides is 1. The quantitative estimate of drug-likeness (QED) is 0.296. The van der Waals surface area contributed by atoms with Crippen molar-refractivity contribution in [3.63, 3.8) is 0 Å². The summed E-state index contributed by atoms with van der Waals surface area (Å²) in [5.41, 5.74) is 0.872. The predicted octanol–water partition coefficient (Wildman–Crippen LogP) is 5.43. The van der Waals surface area contributed by atoms with Crippen molar-refractivity contribution in [3.8, 4) is 5.75 Å². The van der Waals surface area contributed by atoms with Gasteiger partial charge < -0.3 is 9.64 Å². The molecule has 1 heterocycles. The van der Waals surface area contributed by atoms with E-state index in [1.807, 2.05) is 61.5 Å². The molecule has 0 spiro atoms. The fraction of sp³-hybridized carbons (Fsp3) is 0.364. The Kier molecular flexibility index (Phi) is 8.39. The summed E-state index contributed by atoms with van der Waals surface area (Å²) in [6.45, 7) is 1.40. The van der Waals surface area contributed by atoms with Crippen LogP contribution in [0.5, 0.6) is 5.75 Å². The number of nitrogens with zero attached hydrogens (tertiary/aromatic N) is 3. The lowest BCUT2D eigenvalue weighted by atomic mass is 10.3. The van der Waals surface area contributed by atoms with Crippen molar-refractivity contribution in [3.05, 3.63) is 47.5 Å². The highest BCUT2D eigenvalue weighted by Gasteiger charge is 2.19. The lowest BCUT2D eigenvalue weighted by Crippen LogP contribution is -2.36. The van der Waals surface area contributed by atoms with Gasteiger partial charge in [0.25, 0.3) is 0 Å². The van der Waals surface area contributed by atoms with Gasteiger partial charge >= 0.3 is 0 Å². The summed E-state index contributed by atoms with van der Waals surface area (Å²) >= 11 is 9.37. The Labute approximate surface area is 191 Å². The number of hydrogen-bond acceptors (Lipinski definition) is 6. The smallest absolute Gasteiger partial charge is 0.228 e. The summed E-state index contributed by atoms with van der Waals surface area (Å²) < 4.78 is 6.18. The molecule has 0 N–H and O–H groups in total. The van der Waals surface area contributed by atoms with Crippen LogP contribution in [0.1, 0.15) is 12.8 Å². The molecule has 0 unspecified atom stereocenters. The van der Waals surface area contributed by atoms with Crippen molar-refractivity contribution >= 4 is 56.0 Å². The van der Waals surface area contributed by atoms with Gasteiger partial charge in [0, 0.05) is 29.4 Å². The number of hydrogen-bond donors (Lipinski definition) is 0. The molecule has 30 heavy (non-hydrogen) atoms. The number of thioether (sulfide) groups is 1. The van der Waals surface area contributed by atoms with E-state index in [9.17, 15) is 4.79 Å². The van der Waals surface area contributed by atoms with Crippen LogP contribution in [-0.2, 0) is 4.79 Å². The number of benzene rings is 2. The second-order valence-corrected chi connectivity index (χ2v) is 9.70. The molecule has 0 aliphatic rings. The Hall–Kier alpha value is -1.80. The van der Waals surface area contributed by atoms with Gasteiger partial charge in [-0.25, -0.2) is 4.98 Å². The van der Waals surface area contributed by atoms with Gasteiger partial charge in [-0.3, -0.25) is 9.69 Å². The Morgan fingerprint density at radius 2 is 1.93 bits per heavy atom. The van der Waals surface area contributed by atoms with Crippen molar-refractivity contribution in [2.75, 3.05) is 44.9 Å². The molecule has 3 aromatic rings. The highest BCUT2D eigenvalue weighted by Crippen LogP contribution is 2.31. The van der Waals surface area contributed by atoms with Gasteiger partial charge in [0.2, 0.25) is 5.91 Å². The van der Waals surface area contributed by atoms with Crippen LogP contribution in [-0.4, -0.2) is 55.8 Å². The van der Waals surface area contributed by atoms with Crippen LogP contribution in [0.4, 0.5) is 5.13 Å². The topological polar surface area (TPSA) is 45.7 Å². The molecule has 160 valence electrons. The fourth-order valence-corrected chi connectivity index (χ4v) is 4.99. The third-order valence-electron chi connectivity index (χ3n) is 4.51. The van der Waals surface area contributed by atoms with Crippen LogP contribution >= 0.6 is 34.7 Å². The van der Waals surface area contributed by atoms with Crippen molar-refractivity contribution in [1.82, 2.24) is 9.88 Å². The standard InChI is InChI=1S/C22H26ClN3O2S2/c1-25(2)12-13-26(22-24-19-11-6-16(23)15-20(19)30-22)21(27)5-4-14-29-18-9-7-17(28-3)8-10-18/h6-11,15H,4-5,12-14H2,1-3H3. The molecule has 1 amide bonds. The largest absolute Gasteiger partial charge is 0.497 e. The number of fused-ring (bicyclic) bond motifs is 1. The highest BCUT2D eigenvalue weighted by molar-refractivity contribution is 7.99. The number of rotatable bonds is 10. The Morgan fingerprint density at radius 1 is 1.17 bits per heavy atom. The maximum Gasteiger partial charge on any atom is 0.228 e. The van der Waals surface area contributed by atoms with E-state index < -0.39 is 0 Å². The van der Waals surface area contributed by atoms with E-state index in [-0.39, 0.29) is 5.91 Å². The Morgan fingerprint density at radius 3 is 2.63 bits per heavy atom. The minimum Gasteiger partial charge on any atom is -0.497 e. The number of halogens is 1. The van der Waals surface area contributed by atoms with Gasteiger partial charge in [-0.05, 0) is 68.7 Å². The summed E-state index contributed by atoms with van der Waals surface area (Å²) in [6, 6.07) is 13.6. The van der Waals surface area contributed by atoms with Crippen LogP contribution < -0.4 is 9.64 Å². The van der Waals surface area contributed by atoms with Crippen molar-refractivity contribution < 1.29 is 9.53 Å². The van der Waals surface area contributed by atoms with E-state index >= 15 is 0 Å². The van der Waals surface area contributed by atoms with Gasteiger partial charge in [0.05, 0.1) is 17.3 Å². The second-order valence-electron chi connectivity index (χ2n) is 7.08. The summed E-state index contributed by atoms with van der Waals surface area (Å²) in [7, 11) is 5.67. The molecule has 3 rings (SSSR count). The van der Waals surface area contributed by atoms with Gasteiger partial charge in [-0.2, -0.15) is 0 Å². The van der Waals surface area contributed by atoms with Gasteiger partial charge in [0.1, 0.15) is 5.75 Å². The Balaban J connectivity index is 1.61. The third-order valence-corrected chi connectivity index (χ3v) is 6.88. The minimum absolute atomic E-state index is 0.109. The lowest BCUT2D eigenvalue weighted by molar-refractivity contribution is -0.118. The van der Waals surface area contributed by atoms with Crippen LogP contribution in [0.25, 0.3) is 10.2 Å². The molecule has 0 radical (unpaired) electrons. The predicted molar refractivity (Wildman–Crippen MR) is 128 cm³/mol. The first-order valence-electron chi connectivity index (χ1n) is 9.74. The summed E-state index contributed by atoms with van der Waals surface area (Å²) in [5, 5.41) is 1.42. The van der Waals surface area contributed by atoms with E-state index in [2.05, 4.69) is 9.88 Å². The number of carbonyl (C=O) groups is 1. The van der Waals surface area contributed by atoms with Gasteiger partial charge in [-0.1, -0.05) is 22.9 Å². The Bertz CT molecular complexity index is 976. The molecule has 1 aromatic heterocycles. The van der Waals surface area contributed by atoms with Gasteiger partial charge in [-0.15, -0.1) is 11.8 Å². The number of carbonyl (C=O) groups excluding carboxylic acids is 1. The molecular formula is C22H26ClN3O2S2. The average Bonchev–Trinajstić information content (AvgIpc) is 3.14. The molecule has 0 bridgehead atoms.